The second kappa shape index (κ2) is 8.00. The Morgan fingerprint density at radius 3 is 3.00 bits per heavy atom. The minimum Gasteiger partial charge on any atom is -0.493 e. The van der Waals surface area contributed by atoms with E-state index in [4.69, 9.17) is 4.74 Å². The number of benzene rings is 1. The van der Waals surface area contributed by atoms with Gasteiger partial charge < -0.3 is 10.1 Å². The third-order valence-electron chi connectivity index (χ3n) is 3.33. The molecule has 18 heavy (non-hydrogen) atoms. The Balaban J connectivity index is 1.62. The van der Waals surface area contributed by atoms with Crippen LogP contribution in [0.2, 0.25) is 0 Å². The summed E-state index contributed by atoms with van der Waals surface area (Å²) in [6, 6.07) is 6.63. The van der Waals surface area contributed by atoms with E-state index in [-0.39, 0.29) is 0 Å². The van der Waals surface area contributed by atoms with Gasteiger partial charge in [0.1, 0.15) is 5.75 Å². The van der Waals surface area contributed by atoms with Gasteiger partial charge >= 0.3 is 0 Å². The molecule has 0 saturated heterocycles. The second-order valence-electron chi connectivity index (χ2n) is 4.79. The summed E-state index contributed by atoms with van der Waals surface area (Å²) in [4.78, 5) is 0. The van der Waals surface area contributed by atoms with Crippen molar-refractivity contribution in [1.82, 2.24) is 5.32 Å². The lowest BCUT2D eigenvalue weighted by molar-refractivity contribution is 0.357. The summed E-state index contributed by atoms with van der Waals surface area (Å²) in [5.41, 5.74) is 2.81. The smallest absolute Gasteiger partial charge is 0.122 e. The highest BCUT2D eigenvalue weighted by molar-refractivity contribution is 14.1. The first-order valence-corrected chi connectivity index (χ1v) is 8.44. The van der Waals surface area contributed by atoms with E-state index in [1.54, 1.807) is 0 Å². The quantitative estimate of drug-likeness (QED) is 0.437. The molecule has 1 aromatic rings. The minimum absolute atomic E-state index is 0.855. The standard InChI is InChI=1S/C15H22INO/c16-8-2-1-3-9-17-10-6-13-4-5-15-14(12-13)7-11-18-15/h4-5,12,17H,1-3,6-11H2. The molecule has 2 nitrogen and oxygen atoms in total. The molecule has 0 unspecified atom stereocenters. The molecule has 0 spiro atoms. The van der Waals surface area contributed by atoms with Gasteiger partial charge in [-0.05, 0) is 54.0 Å². The lowest BCUT2D eigenvalue weighted by Crippen LogP contribution is -2.18. The van der Waals surface area contributed by atoms with Crippen LogP contribution in [0.15, 0.2) is 18.2 Å². The van der Waals surface area contributed by atoms with Gasteiger partial charge in [-0.25, -0.2) is 0 Å². The zero-order chi connectivity index (χ0) is 12.6. The van der Waals surface area contributed by atoms with Crippen LogP contribution < -0.4 is 10.1 Å². The van der Waals surface area contributed by atoms with E-state index in [1.807, 2.05) is 0 Å². The number of hydrogen-bond donors (Lipinski definition) is 1. The average molecular weight is 359 g/mol. The largest absolute Gasteiger partial charge is 0.493 e. The Morgan fingerprint density at radius 2 is 2.11 bits per heavy atom. The van der Waals surface area contributed by atoms with Gasteiger partial charge in [-0.2, -0.15) is 0 Å². The summed E-state index contributed by atoms with van der Waals surface area (Å²) in [5, 5.41) is 3.53. The van der Waals surface area contributed by atoms with Crippen LogP contribution in [0.4, 0.5) is 0 Å². The van der Waals surface area contributed by atoms with Crippen LogP contribution in [0.3, 0.4) is 0 Å². The van der Waals surface area contributed by atoms with E-state index in [1.165, 1.54) is 34.8 Å². The third-order valence-corrected chi connectivity index (χ3v) is 4.09. The normalized spacial score (nSPS) is 13.4. The van der Waals surface area contributed by atoms with Crippen LogP contribution in [0.5, 0.6) is 5.75 Å². The molecule has 0 amide bonds. The summed E-state index contributed by atoms with van der Waals surface area (Å²) >= 11 is 2.45. The highest BCUT2D eigenvalue weighted by atomic mass is 127. The Bertz CT molecular complexity index is 368. The van der Waals surface area contributed by atoms with Crippen LogP contribution >= 0.6 is 22.6 Å². The van der Waals surface area contributed by atoms with E-state index < -0.39 is 0 Å². The molecule has 1 aliphatic rings. The fraction of sp³-hybridized carbons (Fsp3) is 0.600. The highest BCUT2D eigenvalue weighted by Crippen LogP contribution is 2.25. The van der Waals surface area contributed by atoms with Gasteiger partial charge in [-0.15, -0.1) is 0 Å². The van der Waals surface area contributed by atoms with Gasteiger partial charge in [0.2, 0.25) is 0 Å². The molecule has 0 aromatic heterocycles. The van der Waals surface area contributed by atoms with E-state index in [0.717, 1.165) is 38.3 Å². The summed E-state index contributed by atoms with van der Waals surface area (Å²) in [6.45, 7) is 3.10. The van der Waals surface area contributed by atoms with Crippen LogP contribution in [-0.2, 0) is 12.8 Å². The number of alkyl halides is 1. The molecule has 0 radical (unpaired) electrons. The van der Waals surface area contributed by atoms with Crippen molar-refractivity contribution < 1.29 is 4.74 Å². The van der Waals surface area contributed by atoms with Crippen LogP contribution in [0.25, 0.3) is 0 Å². The molecule has 0 fully saturated rings. The molecule has 1 N–H and O–H groups in total. The van der Waals surface area contributed by atoms with Crippen molar-refractivity contribution in [3.63, 3.8) is 0 Å². The van der Waals surface area contributed by atoms with Gasteiger partial charge in [-0.1, -0.05) is 41.1 Å². The SMILES string of the molecule is ICCCCCNCCc1ccc2c(c1)CCO2. The number of fused-ring (bicyclic) bond motifs is 1. The number of ether oxygens (including phenoxy) is 1. The van der Waals surface area contributed by atoms with Gasteiger partial charge in [0, 0.05) is 6.42 Å². The van der Waals surface area contributed by atoms with Crippen LogP contribution in [0, 0.1) is 0 Å². The first-order valence-electron chi connectivity index (χ1n) is 6.91. The van der Waals surface area contributed by atoms with Gasteiger partial charge in [-0.3, -0.25) is 0 Å². The maximum absolute atomic E-state index is 5.52. The first-order chi connectivity index (χ1) is 8.90. The number of nitrogens with one attached hydrogen (secondary N) is 1. The maximum atomic E-state index is 5.52. The van der Waals surface area contributed by atoms with E-state index in [2.05, 4.69) is 46.1 Å². The predicted molar refractivity (Wildman–Crippen MR) is 85.0 cm³/mol. The molecular weight excluding hydrogens is 337 g/mol. The zero-order valence-electron chi connectivity index (χ0n) is 10.9. The number of halogens is 1. The minimum atomic E-state index is 0.855. The van der Waals surface area contributed by atoms with Gasteiger partial charge in [0.15, 0.2) is 0 Å². The fourth-order valence-corrected chi connectivity index (χ4v) is 2.81. The molecule has 0 bridgehead atoms. The van der Waals surface area contributed by atoms with Crippen molar-refractivity contribution in [1.29, 1.82) is 0 Å². The Morgan fingerprint density at radius 1 is 1.17 bits per heavy atom. The van der Waals surface area contributed by atoms with E-state index in [9.17, 15) is 0 Å². The second-order valence-corrected chi connectivity index (χ2v) is 5.87. The summed E-state index contributed by atoms with van der Waals surface area (Å²) < 4.78 is 6.80. The zero-order valence-corrected chi connectivity index (χ0v) is 13.0. The number of hydrogen-bond acceptors (Lipinski definition) is 2. The Hall–Kier alpha value is -0.290. The molecule has 1 heterocycles. The summed E-state index contributed by atoms with van der Waals surface area (Å²) in [7, 11) is 0. The lowest BCUT2D eigenvalue weighted by atomic mass is 10.1. The average Bonchev–Trinajstić information content (AvgIpc) is 2.85. The van der Waals surface area contributed by atoms with Gasteiger partial charge in [0.05, 0.1) is 6.61 Å². The van der Waals surface area contributed by atoms with Crippen molar-refractivity contribution in [2.75, 3.05) is 24.1 Å². The highest BCUT2D eigenvalue weighted by Gasteiger charge is 2.11. The Kier molecular flexibility index (Phi) is 6.28. The van der Waals surface area contributed by atoms with Crippen molar-refractivity contribution >= 4 is 22.6 Å². The van der Waals surface area contributed by atoms with Crippen molar-refractivity contribution in [2.24, 2.45) is 0 Å². The molecule has 0 atom stereocenters. The number of unbranched alkanes of at least 4 members (excludes halogenated alkanes) is 2. The molecule has 3 heteroatoms. The van der Waals surface area contributed by atoms with Crippen LogP contribution in [0.1, 0.15) is 30.4 Å². The maximum Gasteiger partial charge on any atom is 0.122 e. The topological polar surface area (TPSA) is 21.3 Å². The molecule has 1 aromatic carbocycles. The monoisotopic (exact) mass is 359 g/mol. The molecule has 0 saturated carbocycles. The summed E-state index contributed by atoms with van der Waals surface area (Å²) in [6.07, 6.45) is 6.21. The molecule has 0 aliphatic carbocycles. The molecule has 1 aliphatic heterocycles. The fourth-order valence-electron chi connectivity index (χ4n) is 2.27. The van der Waals surface area contributed by atoms with Gasteiger partial charge in [0.25, 0.3) is 0 Å². The van der Waals surface area contributed by atoms with Crippen LogP contribution in [-0.4, -0.2) is 24.1 Å². The van der Waals surface area contributed by atoms with E-state index in [0.29, 0.717) is 0 Å². The van der Waals surface area contributed by atoms with Crippen molar-refractivity contribution in [3.05, 3.63) is 29.3 Å². The van der Waals surface area contributed by atoms with Crippen molar-refractivity contribution in [2.45, 2.75) is 32.1 Å². The first kappa shape index (κ1) is 14.1. The lowest BCUT2D eigenvalue weighted by Gasteiger charge is -2.06. The third kappa shape index (κ3) is 4.43. The number of rotatable bonds is 8. The van der Waals surface area contributed by atoms with E-state index >= 15 is 0 Å². The molecule has 100 valence electrons. The van der Waals surface area contributed by atoms with Crippen molar-refractivity contribution in [3.8, 4) is 5.75 Å². The molecule has 2 rings (SSSR count). The molecular formula is C15H22INO. The summed E-state index contributed by atoms with van der Waals surface area (Å²) in [5.74, 6) is 1.09. The predicted octanol–water partition coefficient (Wildman–Crippen LogP) is 3.36. The Labute approximate surface area is 124 Å².